The minimum absolute atomic E-state index is 0.0325. The van der Waals surface area contributed by atoms with E-state index in [2.05, 4.69) is 21.3 Å². The molecule has 0 aromatic heterocycles. The zero-order chi connectivity index (χ0) is 62.5. The number of carboxylic acid groups (broad SMARTS) is 5. The van der Waals surface area contributed by atoms with Crippen LogP contribution in [0.5, 0.6) is 0 Å². The molecular formula is C60H48F6N4O14. The SMILES string of the molecule is CNc1cc(C(c2ccc(C)c(NC(=O)c3cc(-c4ccc(C(=O)O)c(C(C)=O)c4)ccc3C(=O)O)c2)(C(F)(F)F)C(F)(F)F)ccc1C.CNc1cc(NC(=O)c2cc(-c3ccc(C(=O)O)c(C(C)=O)c3)ccc2C(=O)O)cc(C(=O)O)c1. The average molecular weight is 1160 g/mol. The largest absolute Gasteiger partial charge is 0.478 e. The van der Waals surface area contributed by atoms with Crippen molar-refractivity contribution in [2.75, 3.05) is 35.4 Å². The number of ketones is 2. The smallest absolute Gasteiger partial charge is 0.411 e. The van der Waals surface area contributed by atoms with E-state index in [0.29, 0.717) is 34.5 Å². The summed E-state index contributed by atoms with van der Waals surface area (Å²) in [5.41, 5.74) is -7.51. The Labute approximate surface area is 472 Å². The molecule has 0 saturated carbocycles. The second-order valence-electron chi connectivity index (χ2n) is 18.7. The molecule has 84 heavy (non-hydrogen) atoms. The Bertz CT molecular complexity index is 3880. The van der Waals surface area contributed by atoms with Gasteiger partial charge in [-0.15, -0.1) is 0 Å². The molecule has 7 aromatic rings. The van der Waals surface area contributed by atoms with Crippen LogP contribution < -0.4 is 21.3 Å². The number of benzene rings is 7. The fourth-order valence-corrected chi connectivity index (χ4v) is 9.05. The number of carbonyl (C=O) groups excluding carboxylic acids is 4. The fraction of sp³-hybridized carbons (Fsp3) is 0.150. The van der Waals surface area contributed by atoms with Gasteiger partial charge in [0.05, 0.1) is 38.9 Å². The maximum atomic E-state index is 14.9. The maximum Gasteiger partial charge on any atom is 0.411 e. The van der Waals surface area contributed by atoms with E-state index in [9.17, 15) is 95.0 Å². The van der Waals surface area contributed by atoms with Gasteiger partial charge in [0, 0.05) is 48.0 Å². The van der Waals surface area contributed by atoms with Crippen LogP contribution in [-0.2, 0) is 5.41 Å². The van der Waals surface area contributed by atoms with E-state index in [1.807, 2.05) is 0 Å². The third kappa shape index (κ3) is 12.9. The summed E-state index contributed by atoms with van der Waals surface area (Å²) < 4.78 is 89.3. The average Bonchev–Trinajstić information content (AvgIpc) is 0.798. The van der Waals surface area contributed by atoms with Crippen LogP contribution >= 0.6 is 0 Å². The summed E-state index contributed by atoms with van der Waals surface area (Å²) in [6.45, 7) is 5.20. The van der Waals surface area contributed by atoms with E-state index in [1.54, 1.807) is 7.05 Å². The van der Waals surface area contributed by atoms with Crippen molar-refractivity contribution in [1.29, 1.82) is 0 Å². The molecule has 2 amide bonds. The van der Waals surface area contributed by atoms with E-state index >= 15 is 0 Å². The highest BCUT2D eigenvalue weighted by molar-refractivity contribution is 6.13. The Kier molecular flexibility index (Phi) is 18.3. The molecule has 24 heteroatoms. The minimum Gasteiger partial charge on any atom is -0.478 e. The highest BCUT2D eigenvalue weighted by Crippen LogP contribution is 2.57. The summed E-state index contributed by atoms with van der Waals surface area (Å²) in [5.74, 6) is -9.82. The summed E-state index contributed by atoms with van der Waals surface area (Å²) in [5, 5.41) is 57.5. The molecule has 0 radical (unpaired) electrons. The van der Waals surface area contributed by atoms with Gasteiger partial charge in [-0.1, -0.05) is 48.5 Å². The summed E-state index contributed by atoms with van der Waals surface area (Å²) in [4.78, 5) is 109. The number of anilines is 4. The Morgan fingerprint density at radius 2 is 0.714 bits per heavy atom. The molecule has 0 bridgehead atoms. The Balaban J connectivity index is 0.000000285. The van der Waals surface area contributed by atoms with Crippen molar-refractivity contribution < 1.29 is 95.0 Å². The van der Waals surface area contributed by atoms with Crippen LogP contribution in [0.1, 0.15) is 129 Å². The molecule has 0 fully saturated rings. The number of amides is 2. The summed E-state index contributed by atoms with van der Waals surface area (Å²) >= 11 is 0. The molecule has 0 spiro atoms. The maximum absolute atomic E-state index is 14.9. The molecule has 9 N–H and O–H groups in total. The number of nitrogens with one attached hydrogen (secondary N) is 4. The first-order chi connectivity index (χ1) is 39.2. The lowest BCUT2D eigenvalue weighted by Gasteiger charge is -2.39. The number of carbonyl (C=O) groups is 9. The summed E-state index contributed by atoms with van der Waals surface area (Å²) in [6, 6.07) is 24.1. The number of hydrogen-bond acceptors (Lipinski definition) is 11. The van der Waals surface area contributed by atoms with Crippen molar-refractivity contribution >= 4 is 76.0 Å². The highest BCUT2D eigenvalue weighted by atomic mass is 19.4. The first kappa shape index (κ1) is 62.5. The van der Waals surface area contributed by atoms with Gasteiger partial charge in [0.1, 0.15) is 0 Å². The lowest BCUT2D eigenvalue weighted by Crippen LogP contribution is -2.54. The predicted molar refractivity (Wildman–Crippen MR) is 295 cm³/mol. The van der Waals surface area contributed by atoms with Crippen LogP contribution in [0.15, 0.2) is 127 Å². The van der Waals surface area contributed by atoms with Gasteiger partial charge in [-0.05, 0) is 151 Å². The summed E-state index contributed by atoms with van der Waals surface area (Å²) in [6.07, 6.45) is -11.8. The number of halogens is 6. The van der Waals surface area contributed by atoms with Gasteiger partial charge in [0.15, 0.2) is 11.6 Å². The van der Waals surface area contributed by atoms with Gasteiger partial charge in [-0.25, -0.2) is 24.0 Å². The Morgan fingerprint density at radius 1 is 0.369 bits per heavy atom. The topological polar surface area (TPSA) is 303 Å². The van der Waals surface area contributed by atoms with Crippen molar-refractivity contribution in [2.24, 2.45) is 0 Å². The number of Topliss-reactive ketones (excluding diaryl/α,β-unsaturated/α-hetero) is 2. The molecule has 0 saturated heterocycles. The van der Waals surface area contributed by atoms with Crippen molar-refractivity contribution in [1.82, 2.24) is 0 Å². The Morgan fingerprint density at radius 3 is 1.06 bits per heavy atom. The second-order valence-corrected chi connectivity index (χ2v) is 18.7. The molecule has 0 aliphatic carbocycles. The van der Waals surface area contributed by atoms with E-state index in [4.69, 9.17) is 0 Å². The first-order valence-electron chi connectivity index (χ1n) is 24.5. The minimum atomic E-state index is -5.91. The van der Waals surface area contributed by atoms with Crippen LogP contribution in [0.3, 0.4) is 0 Å². The van der Waals surface area contributed by atoms with Crippen LogP contribution in [-0.4, -0.2) is 105 Å². The first-order valence-corrected chi connectivity index (χ1v) is 24.5. The highest BCUT2D eigenvalue weighted by Gasteiger charge is 2.72. The number of carboxylic acids is 5. The third-order valence-electron chi connectivity index (χ3n) is 13.4. The van der Waals surface area contributed by atoms with Crippen molar-refractivity contribution in [3.63, 3.8) is 0 Å². The number of aryl methyl sites for hydroxylation is 2. The molecule has 0 unspecified atom stereocenters. The van der Waals surface area contributed by atoms with Crippen molar-refractivity contribution in [2.45, 2.75) is 45.5 Å². The normalized spacial score (nSPS) is 11.3. The Hall–Kier alpha value is -10.7. The molecule has 0 atom stereocenters. The van der Waals surface area contributed by atoms with Gasteiger partial charge < -0.3 is 46.8 Å². The lowest BCUT2D eigenvalue weighted by molar-refractivity contribution is -0.288. The number of alkyl halides is 6. The van der Waals surface area contributed by atoms with Crippen LogP contribution in [0.4, 0.5) is 49.1 Å². The molecule has 434 valence electrons. The molecule has 0 aliphatic rings. The van der Waals surface area contributed by atoms with E-state index < -0.39 is 98.9 Å². The van der Waals surface area contributed by atoms with E-state index in [0.717, 1.165) is 49.4 Å². The molecule has 7 aromatic carbocycles. The standard InChI is InChI=1S/C35H28F6N2O6.C25H20N2O8/c1-17-5-9-22(15-28(17)42-4)33(34(36,37)38,35(39,40)41)23-10-6-18(2)29(16-23)43-30(45)27-14-21(8-12-25(27)32(48)49)20-7-11-24(31(46)47)26(13-20)19(3)44;1-12(28)20-9-13(3-5-18(20)24(32)33)14-4-6-19(25(34)35)21(10-14)22(29)27-17-8-15(23(30)31)7-16(11-17)26-2/h5-16,42H,1-4H3,(H,43,45)(H,46,47)(H,48,49);3-11,26H,1-2H3,(H,27,29)(H,30,31)(H,32,33)(H,34,35). The van der Waals surface area contributed by atoms with Gasteiger partial charge in [-0.2, -0.15) is 26.3 Å². The number of hydrogen-bond donors (Lipinski definition) is 9. The molecule has 18 nitrogen and oxygen atoms in total. The van der Waals surface area contributed by atoms with Gasteiger partial charge in [0.25, 0.3) is 11.8 Å². The fourth-order valence-electron chi connectivity index (χ4n) is 9.05. The number of rotatable bonds is 17. The zero-order valence-corrected chi connectivity index (χ0v) is 44.8. The molecule has 7 rings (SSSR count). The second kappa shape index (κ2) is 24.6. The molecule has 0 aliphatic heterocycles. The summed E-state index contributed by atoms with van der Waals surface area (Å²) in [7, 11) is 2.92. The van der Waals surface area contributed by atoms with Crippen LogP contribution in [0.2, 0.25) is 0 Å². The van der Waals surface area contributed by atoms with Gasteiger partial charge >= 0.3 is 42.2 Å². The molecule has 0 heterocycles. The molecular weight excluding hydrogens is 1110 g/mol. The monoisotopic (exact) mass is 1160 g/mol. The van der Waals surface area contributed by atoms with Crippen LogP contribution in [0.25, 0.3) is 22.3 Å². The predicted octanol–water partition coefficient (Wildman–Crippen LogP) is 12.2. The van der Waals surface area contributed by atoms with Crippen molar-refractivity contribution in [3.05, 3.63) is 200 Å². The van der Waals surface area contributed by atoms with Crippen molar-refractivity contribution in [3.8, 4) is 22.3 Å². The van der Waals surface area contributed by atoms with Gasteiger partial charge in [0.2, 0.25) is 5.41 Å². The van der Waals surface area contributed by atoms with E-state index in [1.165, 1.54) is 101 Å². The zero-order valence-electron chi connectivity index (χ0n) is 44.8. The van der Waals surface area contributed by atoms with Crippen LogP contribution in [0, 0.1) is 13.8 Å². The third-order valence-corrected chi connectivity index (χ3v) is 13.4. The number of aromatic carboxylic acids is 5. The quantitative estimate of drug-likeness (QED) is 0.0302. The van der Waals surface area contributed by atoms with E-state index in [-0.39, 0.29) is 67.0 Å². The van der Waals surface area contributed by atoms with Gasteiger partial charge in [-0.3, -0.25) is 19.2 Å². The lowest BCUT2D eigenvalue weighted by atomic mass is 9.72.